The third kappa shape index (κ3) is 450. The van der Waals surface area contributed by atoms with Gasteiger partial charge >= 0.3 is 6.03 Å². The number of nitrogens with two attached hydrogens (primary N) is 2. The van der Waals surface area contributed by atoms with E-state index < -0.39 is 18.9 Å². The van der Waals surface area contributed by atoms with Gasteiger partial charge in [-0.05, 0) is 0 Å². The molecule has 0 bridgehead atoms. The predicted molar refractivity (Wildman–Crippen MR) is 37.7 cm³/mol. The van der Waals surface area contributed by atoms with Gasteiger partial charge < -0.3 is 52.2 Å². The largest absolute Gasteiger partial charge is 0.822 e. The molecule has 8 N–H and O–H groups in total. The summed E-state index contributed by atoms with van der Waals surface area (Å²) < 4.78 is 8.55. The molecule has 0 unspecified atom stereocenters. The summed E-state index contributed by atoms with van der Waals surface area (Å²) in [7, 11) is -5.39. The molecule has 0 saturated heterocycles. The first kappa shape index (κ1) is 22.9. The van der Waals surface area contributed by atoms with Crippen LogP contribution in [0.5, 0.6) is 0 Å². The lowest BCUT2D eigenvalue weighted by Gasteiger charge is -2.36. The van der Waals surface area contributed by atoms with E-state index in [2.05, 4.69) is 11.5 Å². The lowest BCUT2D eigenvalue weighted by molar-refractivity contribution is -0.432. The topological polar surface area (TPSA) is 258 Å². The van der Waals surface area contributed by atoms with E-state index in [-0.39, 0.29) is 6.15 Å². The van der Waals surface area contributed by atoms with Gasteiger partial charge in [0.25, 0.3) is 0 Å². The van der Waals surface area contributed by atoms with Crippen molar-refractivity contribution in [3.8, 4) is 0 Å². The summed E-state index contributed by atoms with van der Waals surface area (Å²) in [5.74, 6) is 0. The summed E-state index contributed by atoms with van der Waals surface area (Å²) in [6.07, 6.45) is 0. The van der Waals surface area contributed by atoms with Crippen molar-refractivity contribution in [2.75, 3.05) is 0 Å². The molecule has 14 heavy (non-hydrogen) atoms. The molecule has 0 aliphatic heterocycles. The highest BCUT2D eigenvalue weighted by Crippen LogP contribution is 2.03. The van der Waals surface area contributed by atoms with Crippen molar-refractivity contribution in [1.82, 2.24) is 6.15 Å². The first-order valence-corrected chi connectivity index (χ1v) is 3.52. The number of nitrogens with zero attached hydrogens (tertiary/aromatic N) is 1. The summed E-state index contributed by atoms with van der Waals surface area (Å²) >= 11 is 0. The Morgan fingerprint density at radius 3 is 1.14 bits per heavy atom. The van der Waals surface area contributed by atoms with Crippen LogP contribution in [-0.4, -0.2) is 11.1 Å². The lowest BCUT2D eigenvalue weighted by Crippen LogP contribution is -2.24. The fraction of sp³-hybridized carbons (Fsp3) is 0. The van der Waals surface area contributed by atoms with Crippen LogP contribution in [0.3, 0.4) is 0 Å². The number of quaternary nitrogens is 1. The molecule has 0 aromatic heterocycles. The zero-order valence-electron chi connectivity index (χ0n) is 6.82. The Bertz CT molecular complexity index is 169. The molecule has 88 valence electrons. The van der Waals surface area contributed by atoms with Gasteiger partial charge in [0.1, 0.15) is 0 Å². The Labute approximate surface area is 77.1 Å². The highest BCUT2D eigenvalue weighted by molar-refractivity contribution is 7.40. The van der Waals surface area contributed by atoms with E-state index in [0.717, 1.165) is 0 Å². The Morgan fingerprint density at radius 2 is 1.14 bits per heavy atom. The van der Waals surface area contributed by atoms with Gasteiger partial charge in [-0.3, -0.25) is 0 Å². The summed E-state index contributed by atoms with van der Waals surface area (Å²) in [4.78, 5) is 42.9. The summed E-state index contributed by atoms with van der Waals surface area (Å²) in [5.41, 5.74) is 8.50. The van der Waals surface area contributed by atoms with Crippen molar-refractivity contribution in [3.05, 3.63) is 15.3 Å². The number of primary amides is 2. The van der Waals surface area contributed by atoms with Crippen LogP contribution in [0, 0.1) is 15.3 Å². The number of phosphoric acid groups is 1. The quantitative estimate of drug-likeness (QED) is 0.213. The molecule has 0 saturated carbocycles. The van der Waals surface area contributed by atoms with E-state index in [9.17, 15) is 0 Å². The average Bonchev–Trinajstić information content (AvgIpc) is 1.50. The fourth-order valence-electron chi connectivity index (χ4n) is 0. The van der Waals surface area contributed by atoms with Crippen LogP contribution in [-0.2, 0) is 4.57 Å². The van der Waals surface area contributed by atoms with Gasteiger partial charge in [-0.1, -0.05) is 0 Å². The highest BCUT2D eigenvalue weighted by atomic mass is 31.2. The zero-order valence-corrected chi connectivity index (χ0v) is 7.71. The monoisotopic (exact) mass is 235 g/mol. The van der Waals surface area contributed by atoms with Gasteiger partial charge in [-0.2, -0.15) is 7.82 Å². The molecular weight excluding hydrogens is 227 g/mol. The first-order valence-electron chi connectivity index (χ1n) is 2.06. The van der Waals surface area contributed by atoms with Crippen LogP contribution in [0.2, 0.25) is 0 Å². The van der Waals surface area contributed by atoms with Crippen molar-refractivity contribution in [2.24, 2.45) is 11.5 Å². The normalized spacial score (nSPS) is 7.64. The minimum Gasteiger partial charge on any atom is -0.822 e. The van der Waals surface area contributed by atoms with Crippen LogP contribution in [0.1, 0.15) is 0 Å². The molecule has 0 atom stereocenters. The Balaban J connectivity index is -0.0000000522. The molecule has 0 fully saturated rings. The van der Waals surface area contributed by atoms with Gasteiger partial charge in [0, 0.05) is 0 Å². The second-order valence-electron chi connectivity index (χ2n) is 1.07. The van der Waals surface area contributed by atoms with Crippen LogP contribution in [0.15, 0.2) is 0 Å². The van der Waals surface area contributed by atoms with Crippen LogP contribution < -0.4 is 32.3 Å². The molecule has 13 heteroatoms. The Kier molecular flexibility index (Phi) is 18.9. The van der Waals surface area contributed by atoms with Crippen molar-refractivity contribution >= 4 is 13.9 Å². The number of hydrogen-bond acceptors (Lipinski definition) is 8. The van der Waals surface area contributed by atoms with E-state index in [1.54, 1.807) is 0 Å². The van der Waals surface area contributed by atoms with Crippen LogP contribution in [0.4, 0.5) is 4.79 Å². The zero-order chi connectivity index (χ0) is 11.7. The molecule has 12 nitrogen and oxygen atoms in total. The van der Waals surface area contributed by atoms with Crippen molar-refractivity contribution in [3.63, 3.8) is 0 Å². The second kappa shape index (κ2) is 11.5. The fourth-order valence-corrected chi connectivity index (χ4v) is 0. The minimum atomic E-state index is -5.39. The van der Waals surface area contributed by atoms with E-state index in [1.807, 2.05) is 0 Å². The van der Waals surface area contributed by atoms with Gasteiger partial charge in [0.15, 0.2) is 0 Å². The first-order chi connectivity index (χ1) is 5.46. The van der Waals surface area contributed by atoms with E-state index in [4.69, 9.17) is 39.4 Å². The maximum atomic E-state index is 9.00. The van der Waals surface area contributed by atoms with Gasteiger partial charge in [0.2, 0.25) is 0 Å². The number of rotatable bonds is 0. The second-order valence-corrected chi connectivity index (χ2v) is 1.97. The van der Waals surface area contributed by atoms with Gasteiger partial charge in [-0.25, -0.2) is 4.79 Å². The standard InChI is InChI=1S/CH4N2O.NO3.H3N.H3O4P/c2*2-1(3)4;;1-5(2,3)4/h(H4,2,3,4);;1H3;(H3,1,2,3,4)/q;-1;;/p-2. The third-order valence-corrected chi connectivity index (χ3v) is 0. The van der Waals surface area contributed by atoms with Crippen molar-refractivity contribution < 1.29 is 29.1 Å². The number of amides is 2. The predicted octanol–water partition coefficient (Wildman–Crippen LogP) is -3.66. The smallest absolute Gasteiger partial charge is 0.309 e. The van der Waals surface area contributed by atoms with E-state index in [0.29, 0.717) is 0 Å². The Morgan fingerprint density at radius 1 is 1.14 bits per heavy atom. The van der Waals surface area contributed by atoms with Crippen molar-refractivity contribution in [1.29, 1.82) is 0 Å². The third-order valence-electron chi connectivity index (χ3n) is 0. The molecule has 0 radical (unpaired) electrons. The SMILES string of the molecule is NC(N)=O.O=P([O-])([O-])[O-].O=[N+]([O-])[O-].[NH4+]. The molecule has 0 aliphatic carbocycles. The molecule has 0 aromatic carbocycles. The number of hydrogen-bond donors (Lipinski definition) is 3. The van der Waals surface area contributed by atoms with E-state index in [1.165, 1.54) is 0 Å². The molecule has 0 heterocycles. The van der Waals surface area contributed by atoms with Crippen LogP contribution >= 0.6 is 7.82 Å². The number of urea groups is 1. The maximum absolute atomic E-state index is 9.00. The molecule has 0 aromatic rings. The van der Waals surface area contributed by atoms with E-state index >= 15 is 0 Å². The molecule has 0 rings (SSSR count). The number of carbonyl (C=O) groups excluding carboxylic acids is 1. The highest BCUT2D eigenvalue weighted by Gasteiger charge is 1.60. The maximum Gasteiger partial charge on any atom is 0.309 e. The summed E-state index contributed by atoms with van der Waals surface area (Å²) in [6, 6.07) is -0.833. The molecular formula is CH8N4O8P-3. The Hall–Kier alpha value is -1.46. The summed E-state index contributed by atoms with van der Waals surface area (Å²) in [6.45, 7) is 0. The van der Waals surface area contributed by atoms with Crippen molar-refractivity contribution in [2.45, 2.75) is 0 Å². The van der Waals surface area contributed by atoms with Gasteiger partial charge in [0.05, 0.1) is 5.09 Å². The number of carbonyl (C=O) groups is 1. The van der Waals surface area contributed by atoms with Gasteiger partial charge in [-0.15, -0.1) is 0 Å². The molecule has 0 spiro atoms. The minimum absolute atomic E-state index is 0. The molecule has 2 amide bonds. The molecule has 0 aliphatic rings. The lowest BCUT2D eigenvalue weighted by atomic mass is 11.2. The summed E-state index contributed by atoms with van der Waals surface area (Å²) in [5, 5.41) is 14.8. The van der Waals surface area contributed by atoms with Crippen LogP contribution in [0.25, 0.3) is 0 Å². The average molecular weight is 235 g/mol.